The third-order valence-corrected chi connectivity index (χ3v) is 5.51. The van der Waals surface area contributed by atoms with Crippen LogP contribution in [0.2, 0.25) is 5.02 Å². The van der Waals surface area contributed by atoms with E-state index in [4.69, 9.17) is 23.8 Å². The van der Waals surface area contributed by atoms with Crippen LogP contribution < -0.4 is 0 Å². The highest BCUT2D eigenvalue weighted by atomic mass is 35.5. The zero-order valence-corrected chi connectivity index (χ0v) is 15.7. The molecule has 0 unspecified atom stereocenters. The molecule has 0 spiro atoms. The Kier molecular flexibility index (Phi) is 5.78. The van der Waals surface area contributed by atoms with Crippen molar-refractivity contribution in [3.8, 4) is 5.75 Å². The van der Waals surface area contributed by atoms with Gasteiger partial charge in [-0.1, -0.05) is 72.0 Å². The third-order valence-electron chi connectivity index (χ3n) is 3.83. The van der Waals surface area contributed by atoms with Gasteiger partial charge in [0.15, 0.2) is 0 Å². The lowest BCUT2D eigenvalue weighted by Crippen LogP contribution is -2.29. The maximum Gasteiger partial charge on any atom is 0.266 e. The summed E-state index contributed by atoms with van der Waals surface area (Å²) in [5.74, 6) is -0.0560. The maximum atomic E-state index is 12.6. The molecular formula is C19H16ClNO2S2. The minimum absolute atomic E-state index is 0.0206. The normalized spacial score (nSPS) is 16.0. The summed E-state index contributed by atoms with van der Waals surface area (Å²) < 4.78 is 0.578. The fourth-order valence-electron chi connectivity index (χ4n) is 2.54. The van der Waals surface area contributed by atoms with E-state index < -0.39 is 0 Å². The van der Waals surface area contributed by atoms with Crippen LogP contribution in [-0.4, -0.2) is 26.8 Å². The third kappa shape index (κ3) is 4.42. The van der Waals surface area contributed by atoms with E-state index in [9.17, 15) is 9.90 Å². The number of aryl methyl sites for hydroxylation is 1. The van der Waals surface area contributed by atoms with E-state index in [-0.39, 0.29) is 16.7 Å². The Morgan fingerprint density at radius 2 is 1.96 bits per heavy atom. The van der Waals surface area contributed by atoms with E-state index in [0.29, 0.717) is 15.8 Å². The summed E-state index contributed by atoms with van der Waals surface area (Å²) in [6.45, 7) is 0.604. The topological polar surface area (TPSA) is 40.5 Å². The fourth-order valence-corrected chi connectivity index (χ4v) is 4.04. The van der Waals surface area contributed by atoms with Crippen LogP contribution in [-0.2, 0) is 11.2 Å². The molecular weight excluding hydrogens is 374 g/mol. The van der Waals surface area contributed by atoms with Crippen LogP contribution in [0.25, 0.3) is 6.08 Å². The van der Waals surface area contributed by atoms with E-state index in [1.165, 1.54) is 23.4 Å². The van der Waals surface area contributed by atoms with Gasteiger partial charge in [0, 0.05) is 6.54 Å². The molecule has 1 saturated heterocycles. The first-order valence-electron chi connectivity index (χ1n) is 7.82. The van der Waals surface area contributed by atoms with Crippen LogP contribution in [0.3, 0.4) is 0 Å². The molecule has 2 aromatic rings. The Morgan fingerprint density at radius 1 is 1.20 bits per heavy atom. The number of thioether (sulfide) groups is 1. The Morgan fingerprint density at radius 3 is 2.68 bits per heavy atom. The van der Waals surface area contributed by atoms with Crippen molar-refractivity contribution in [2.45, 2.75) is 12.8 Å². The van der Waals surface area contributed by atoms with E-state index in [2.05, 4.69) is 12.1 Å². The van der Waals surface area contributed by atoms with Gasteiger partial charge in [-0.3, -0.25) is 9.69 Å². The van der Waals surface area contributed by atoms with Gasteiger partial charge in [-0.05, 0) is 42.2 Å². The average Bonchev–Trinajstić information content (AvgIpc) is 2.86. The SMILES string of the molecule is O=C1C(=Cc2ccc(O)c(Cl)c2)SC(=S)N1CCCc1ccccc1. The van der Waals surface area contributed by atoms with Crippen LogP contribution in [0, 0.1) is 0 Å². The van der Waals surface area contributed by atoms with Crippen LogP contribution in [0.5, 0.6) is 5.75 Å². The minimum atomic E-state index is -0.0766. The molecule has 1 aliphatic rings. The molecule has 3 nitrogen and oxygen atoms in total. The molecule has 0 bridgehead atoms. The molecule has 1 fully saturated rings. The van der Waals surface area contributed by atoms with E-state index in [1.807, 2.05) is 18.2 Å². The summed E-state index contributed by atoms with van der Waals surface area (Å²) in [4.78, 5) is 14.8. The zero-order valence-electron chi connectivity index (χ0n) is 13.3. The molecule has 1 heterocycles. The summed E-state index contributed by atoms with van der Waals surface area (Å²) in [6, 6.07) is 15.0. The molecule has 0 aliphatic carbocycles. The van der Waals surface area contributed by atoms with Gasteiger partial charge in [-0.2, -0.15) is 0 Å². The van der Waals surface area contributed by atoms with Gasteiger partial charge in [0.05, 0.1) is 9.93 Å². The number of aromatic hydroxyl groups is 1. The summed E-state index contributed by atoms with van der Waals surface area (Å²) in [6.07, 6.45) is 3.51. The van der Waals surface area contributed by atoms with Gasteiger partial charge in [0.2, 0.25) is 0 Å². The van der Waals surface area contributed by atoms with Crippen LogP contribution in [0.1, 0.15) is 17.5 Å². The van der Waals surface area contributed by atoms with Gasteiger partial charge in [-0.25, -0.2) is 0 Å². The van der Waals surface area contributed by atoms with Gasteiger partial charge >= 0.3 is 0 Å². The number of carbonyl (C=O) groups excluding carboxylic acids is 1. The first-order chi connectivity index (χ1) is 12.0. The number of carbonyl (C=O) groups is 1. The lowest BCUT2D eigenvalue weighted by molar-refractivity contribution is -0.122. The van der Waals surface area contributed by atoms with Crippen molar-refractivity contribution < 1.29 is 9.90 Å². The highest BCUT2D eigenvalue weighted by Crippen LogP contribution is 2.34. The first-order valence-corrected chi connectivity index (χ1v) is 9.42. The molecule has 1 amide bonds. The Hall–Kier alpha value is -1.82. The molecule has 1 aliphatic heterocycles. The highest BCUT2D eigenvalue weighted by molar-refractivity contribution is 8.26. The molecule has 2 aromatic carbocycles. The van der Waals surface area contributed by atoms with Crippen LogP contribution in [0.15, 0.2) is 53.4 Å². The van der Waals surface area contributed by atoms with Crippen molar-refractivity contribution in [1.29, 1.82) is 0 Å². The molecule has 25 heavy (non-hydrogen) atoms. The van der Waals surface area contributed by atoms with E-state index in [0.717, 1.165) is 18.4 Å². The van der Waals surface area contributed by atoms with Crippen LogP contribution >= 0.6 is 35.6 Å². The monoisotopic (exact) mass is 389 g/mol. The summed E-state index contributed by atoms with van der Waals surface area (Å²) >= 11 is 12.6. The molecule has 3 rings (SSSR count). The lowest BCUT2D eigenvalue weighted by Gasteiger charge is -2.14. The van der Waals surface area contributed by atoms with E-state index in [1.54, 1.807) is 23.1 Å². The smallest absolute Gasteiger partial charge is 0.266 e. The van der Waals surface area contributed by atoms with Crippen molar-refractivity contribution in [2.24, 2.45) is 0 Å². The maximum absolute atomic E-state index is 12.6. The number of phenols is 1. The van der Waals surface area contributed by atoms with Crippen molar-refractivity contribution >= 4 is 51.9 Å². The summed E-state index contributed by atoms with van der Waals surface area (Å²) in [5.41, 5.74) is 2.01. The van der Waals surface area contributed by atoms with E-state index >= 15 is 0 Å². The number of benzene rings is 2. The summed E-state index contributed by atoms with van der Waals surface area (Å²) in [7, 11) is 0. The largest absolute Gasteiger partial charge is 0.506 e. The number of phenolic OH excluding ortho intramolecular Hbond substituents is 1. The second kappa shape index (κ2) is 8.04. The number of thiocarbonyl (C=S) groups is 1. The second-order valence-corrected chi connectivity index (χ2v) is 7.72. The summed E-state index contributed by atoms with van der Waals surface area (Å²) in [5, 5.41) is 9.73. The average molecular weight is 390 g/mol. The molecule has 0 radical (unpaired) electrons. The molecule has 0 aromatic heterocycles. The number of nitrogens with zero attached hydrogens (tertiary/aromatic N) is 1. The van der Waals surface area contributed by atoms with Crippen molar-refractivity contribution in [3.63, 3.8) is 0 Å². The number of hydrogen-bond donors (Lipinski definition) is 1. The number of hydrogen-bond acceptors (Lipinski definition) is 4. The molecule has 0 saturated carbocycles. The number of halogens is 1. The minimum Gasteiger partial charge on any atom is -0.506 e. The highest BCUT2D eigenvalue weighted by Gasteiger charge is 2.31. The standard InChI is InChI=1S/C19H16ClNO2S2/c20-15-11-14(8-9-16(15)22)12-17-18(23)21(19(24)25-17)10-4-7-13-5-2-1-3-6-13/h1-3,5-6,8-9,11-12,22H,4,7,10H2. The Labute approximate surface area is 161 Å². The van der Waals surface area contributed by atoms with Crippen molar-refractivity contribution in [2.75, 3.05) is 6.54 Å². The van der Waals surface area contributed by atoms with Gasteiger partial charge in [-0.15, -0.1) is 0 Å². The molecule has 1 N–H and O–H groups in total. The quantitative estimate of drug-likeness (QED) is 0.584. The predicted molar refractivity (Wildman–Crippen MR) is 108 cm³/mol. The number of rotatable bonds is 5. The van der Waals surface area contributed by atoms with Crippen LogP contribution in [0.4, 0.5) is 0 Å². The van der Waals surface area contributed by atoms with Gasteiger partial charge < -0.3 is 5.11 Å². The second-order valence-electron chi connectivity index (χ2n) is 5.63. The molecule has 6 heteroatoms. The molecule has 0 atom stereocenters. The van der Waals surface area contributed by atoms with Gasteiger partial charge in [0.1, 0.15) is 10.1 Å². The zero-order chi connectivity index (χ0) is 17.8. The Bertz CT molecular complexity index is 837. The predicted octanol–water partition coefficient (Wildman–Crippen LogP) is 4.88. The van der Waals surface area contributed by atoms with Crippen molar-refractivity contribution in [1.82, 2.24) is 4.90 Å². The number of amides is 1. The lowest BCUT2D eigenvalue weighted by atomic mass is 10.1. The van der Waals surface area contributed by atoms with Gasteiger partial charge in [0.25, 0.3) is 5.91 Å². The Balaban J connectivity index is 1.65. The van der Waals surface area contributed by atoms with Crippen molar-refractivity contribution in [3.05, 3.63) is 69.6 Å². The first kappa shape index (κ1) is 18.0. The fraction of sp³-hybridized carbons (Fsp3) is 0.158. The molecule has 128 valence electrons.